The van der Waals surface area contributed by atoms with Gasteiger partial charge in [-0.05, 0) is 67.9 Å². The highest BCUT2D eigenvalue weighted by molar-refractivity contribution is 6.31. The van der Waals surface area contributed by atoms with Crippen molar-refractivity contribution < 1.29 is 13.8 Å². The number of likely N-dealkylation sites (tertiary alicyclic amines) is 1. The monoisotopic (exact) mass is 429 g/mol. The van der Waals surface area contributed by atoms with Gasteiger partial charge in [0, 0.05) is 28.9 Å². The molecule has 0 bridgehead atoms. The Labute approximate surface area is 177 Å². The third-order valence-electron chi connectivity index (χ3n) is 5.65. The van der Waals surface area contributed by atoms with Crippen LogP contribution < -0.4 is 4.84 Å². The molecule has 30 heavy (non-hydrogen) atoms. The van der Waals surface area contributed by atoms with Crippen molar-refractivity contribution in [3.63, 3.8) is 0 Å². The minimum Gasteiger partial charge on any atom is -0.395 e. The van der Waals surface area contributed by atoms with E-state index >= 15 is 0 Å². The van der Waals surface area contributed by atoms with E-state index in [1.807, 2.05) is 6.07 Å². The average molecular weight is 430 g/mol. The number of halogens is 2. The highest BCUT2D eigenvalue weighted by Crippen LogP contribution is 2.32. The third kappa shape index (κ3) is 3.85. The molecule has 0 amide bonds. The van der Waals surface area contributed by atoms with E-state index in [1.54, 1.807) is 18.2 Å². The number of hydrogen-bond acceptors (Lipinski definition) is 6. The minimum absolute atomic E-state index is 0.302. The Bertz CT molecular complexity index is 1170. The van der Waals surface area contributed by atoms with E-state index < -0.39 is 0 Å². The molecule has 0 atom stereocenters. The summed E-state index contributed by atoms with van der Waals surface area (Å²) in [6, 6.07) is 10.0. The van der Waals surface area contributed by atoms with Crippen molar-refractivity contribution in [1.82, 2.24) is 25.2 Å². The summed E-state index contributed by atoms with van der Waals surface area (Å²) in [5.74, 6) is 0.0414. The molecule has 4 aromatic rings. The van der Waals surface area contributed by atoms with Crippen LogP contribution in [0.3, 0.4) is 0 Å². The normalized spacial score (nSPS) is 15.9. The van der Waals surface area contributed by atoms with Gasteiger partial charge in [-0.15, -0.1) is 5.10 Å². The van der Waals surface area contributed by atoms with Crippen LogP contribution in [0.1, 0.15) is 30.9 Å². The van der Waals surface area contributed by atoms with Gasteiger partial charge < -0.3 is 14.3 Å². The number of piperidine rings is 1. The van der Waals surface area contributed by atoms with E-state index in [4.69, 9.17) is 21.0 Å². The zero-order valence-electron chi connectivity index (χ0n) is 16.3. The van der Waals surface area contributed by atoms with Crippen LogP contribution in [0.2, 0.25) is 5.02 Å². The summed E-state index contributed by atoms with van der Waals surface area (Å²) in [4.78, 5) is 9.61. The molecule has 5 rings (SSSR count). The molecule has 0 saturated carbocycles. The lowest BCUT2D eigenvalue weighted by molar-refractivity contribution is 0.0766. The van der Waals surface area contributed by atoms with Crippen LogP contribution in [0.25, 0.3) is 22.0 Å². The van der Waals surface area contributed by atoms with E-state index in [9.17, 15) is 4.39 Å². The SMILES string of the molecule is Fc1ccc2c(C3CCN(CCCOn4nnc5ccc(Cl)cc54)CC3)noc2c1. The first-order valence-corrected chi connectivity index (χ1v) is 10.5. The van der Waals surface area contributed by atoms with E-state index in [1.165, 1.54) is 17.0 Å². The van der Waals surface area contributed by atoms with Gasteiger partial charge in [0.2, 0.25) is 0 Å². The molecule has 1 aliphatic heterocycles. The van der Waals surface area contributed by atoms with Gasteiger partial charge in [0.25, 0.3) is 0 Å². The largest absolute Gasteiger partial charge is 0.395 e. The average Bonchev–Trinajstić information content (AvgIpc) is 3.35. The molecule has 3 heterocycles. The Morgan fingerprint density at radius 3 is 2.90 bits per heavy atom. The summed E-state index contributed by atoms with van der Waals surface area (Å²) >= 11 is 6.04. The predicted molar refractivity (Wildman–Crippen MR) is 111 cm³/mol. The van der Waals surface area contributed by atoms with Crippen LogP contribution in [0.4, 0.5) is 4.39 Å². The Kier molecular flexibility index (Phi) is 5.26. The summed E-state index contributed by atoms with van der Waals surface area (Å²) in [5, 5.41) is 13.9. The third-order valence-corrected chi connectivity index (χ3v) is 5.88. The maximum absolute atomic E-state index is 13.4. The predicted octanol–water partition coefficient (Wildman–Crippen LogP) is 4.06. The molecule has 1 fully saturated rings. The first-order valence-electron chi connectivity index (χ1n) is 10.1. The number of hydrogen-bond donors (Lipinski definition) is 0. The quantitative estimate of drug-likeness (QED) is 0.430. The minimum atomic E-state index is -0.302. The molecule has 1 aliphatic rings. The van der Waals surface area contributed by atoms with Gasteiger partial charge in [0.15, 0.2) is 5.58 Å². The lowest BCUT2D eigenvalue weighted by atomic mass is 9.91. The summed E-state index contributed by atoms with van der Waals surface area (Å²) in [7, 11) is 0. The van der Waals surface area contributed by atoms with Crippen molar-refractivity contribution in [1.29, 1.82) is 0 Å². The van der Waals surface area contributed by atoms with E-state index in [0.29, 0.717) is 23.1 Å². The first kappa shape index (κ1) is 19.3. The first-order chi connectivity index (χ1) is 14.7. The highest BCUT2D eigenvalue weighted by atomic mass is 35.5. The molecule has 9 heteroatoms. The summed E-state index contributed by atoms with van der Waals surface area (Å²) in [6.07, 6.45) is 2.90. The van der Waals surface area contributed by atoms with Gasteiger partial charge in [-0.1, -0.05) is 21.6 Å². The lowest BCUT2D eigenvalue weighted by Gasteiger charge is -2.31. The van der Waals surface area contributed by atoms with Gasteiger partial charge in [0.1, 0.15) is 23.5 Å². The van der Waals surface area contributed by atoms with Crippen molar-refractivity contribution in [2.24, 2.45) is 0 Å². The van der Waals surface area contributed by atoms with Crippen LogP contribution in [-0.4, -0.2) is 51.5 Å². The van der Waals surface area contributed by atoms with Crippen LogP contribution >= 0.6 is 11.6 Å². The molecule has 1 saturated heterocycles. The van der Waals surface area contributed by atoms with Crippen molar-refractivity contribution in [2.75, 3.05) is 26.2 Å². The summed E-state index contributed by atoms with van der Waals surface area (Å²) in [6.45, 7) is 3.47. The molecule has 0 aliphatic carbocycles. The van der Waals surface area contributed by atoms with Gasteiger partial charge in [-0.2, -0.15) is 0 Å². The number of rotatable bonds is 6. The zero-order chi connectivity index (χ0) is 20.5. The molecule has 0 unspecified atom stereocenters. The van der Waals surface area contributed by atoms with Crippen LogP contribution in [-0.2, 0) is 0 Å². The summed E-state index contributed by atoms with van der Waals surface area (Å²) in [5.41, 5.74) is 2.99. The van der Waals surface area contributed by atoms with Gasteiger partial charge in [-0.3, -0.25) is 0 Å². The number of nitrogens with zero attached hydrogens (tertiary/aromatic N) is 5. The molecule has 7 nitrogen and oxygen atoms in total. The molecular formula is C21H21ClFN5O2. The highest BCUT2D eigenvalue weighted by Gasteiger charge is 2.25. The molecular weight excluding hydrogens is 409 g/mol. The Hall–Kier alpha value is -2.71. The van der Waals surface area contributed by atoms with Crippen LogP contribution in [0.5, 0.6) is 0 Å². The fourth-order valence-corrected chi connectivity index (χ4v) is 4.23. The molecule has 156 valence electrons. The van der Waals surface area contributed by atoms with Crippen molar-refractivity contribution in [3.8, 4) is 0 Å². The number of benzene rings is 2. The second-order valence-electron chi connectivity index (χ2n) is 7.61. The lowest BCUT2D eigenvalue weighted by Crippen LogP contribution is -2.34. The topological polar surface area (TPSA) is 69.2 Å². The van der Waals surface area contributed by atoms with E-state index in [0.717, 1.165) is 61.0 Å². The maximum Gasteiger partial charge on any atom is 0.170 e. The molecule has 2 aromatic carbocycles. The van der Waals surface area contributed by atoms with Crippen LogP contribution in [0.15, 0.2) is 40.9 Å². The molecule has 0 spiro atoms. The second kappa shape index (κ2) is 8.20. The fourth-order valence-electron chi connectivity index (χ4n) is 4.06. The Morgan fingerprint density at radius 2 is 2.03 bits per heavy atom. The van der Waals surface area contributed by atoms with E-state index in [-0.39, 0.29) is 5.82 Å². The standard InChI is InChI=1S/C21H21ClFN5O2/c22-15-2-5-18-19(12-15)28(26-24-18)29-11-1-8-27-9-6-14(7-10-27)21-17-4-3-16(23)13-20(17)30-25-21/h2-5,12-14H,1,6-11H2. The Morgan fingerprint density at radius 1 is 1.17 bits per heavy atom. The van der Waals surface area contributed by atoms with Gasteiger partial charge in [0.05, 0.1) is 5.69 Å². The van der Waals surface area contributed by atoms with Crippen molar-refractivity contribution in [3.05, 3.63) is 52.9 Å². The zero-order valence-corrected chi connectivity index (χ0v) is 17.1. The molecule has 0 radical (unpaired) electrons. The molecule has 0 N–H and O–H groups in total. The fraction of sp³-hybridized carbons (Fsp3) is 0.381. The van der Waals surface area contributed by atoms with Crippen molar-refractivity contribution >= 4 is 33.6 Å². The van der Waals surface area contributed by atoms with Crippen LogP contribution in [0, 0.1) is 5.82 Å². The second-order valence-corrected chi connectivity index (χ2v) is 8.04. The maximum atomic E-state index is 13.4. The number of aromatic nitrogens is 4. The number of fused-ring (bicyclic) bond motifs is 2. The Balaban J connectivity index is 1.11. The summed E-state index contributed by atoms with van der Waals surface area (Å²) < 4.78 is 18.7. The van der Waals surface area contributed by atoms with E-state index in [2.05, 4.69) is 20.4 Å². The van der Waals surface area contributed by atoms with Gasteiger partial charge >= 0.3 is 0 Å². The van der Waals surface area contributed by atoms with Gasteiger partial charge in [-0.25, -0.2) is 4.39 Å². The van der Waals surface area contributed by atoms with Crippen molar-refractivity contribution in [2.45, 2.75) is 25.2 Å². The molecule has 2 aromatic heterocycles. The smallest absolute Gasteiger partial charge is 0.170 e.